The summed E-state index contributed by atoms with van der Waals surface area (Å²) in [5, 5.41) is 11.6. The molecule has 3 aromatic heterocycles. The summed E-state index contributed by atoms with van der Waals surface area (Å²) in [5.41, 5.74) is 2.05. The molecule has 1 aromatic carbocycles. The molecule has 0 aliphatic carbocycles. The van der Waals surface area contributed by atoms with Crippen LogP contribution in [0.5, 0.6) is 11.5 Å². The molecule has 5 rings (SSSR count). The lowest BCUT2D eigenvalue weighted by Gasteiger charge is -2.25. The number of likely N-dealkylation sites (tertiary alicyclic amines) is 1. The number of amides is 1. The number of imidazole rings is 1. The van der Waals surface area contributed by atoms with Crippen LogP contribution in [-0.4, -0.2) is 44.3 Å². The third-order valence-corrected chi connectivity index (χ3v) is 6.26. The number of furan rings is 1. The van der Waals surface area contributed by atoms with Crippen molar-refractivity contribution in [2.45, 2.75) is 33.4 Å². The van der Waals surface area contributed by atoms with E-state index in [4.69, 9.17) is 13.9 Å². The van der Waals surface area contributed by atoms with E-state index in [1.54, 1.807) is 60.0 Å². The lowest BCUT2D eigenvalue weighted by molar-refractivity contribution is -0.140. The number of Topliss-reactive ketones (excluding diaryl/α,β-unsaturated/α-hetero) is 1. The standard InChI is InChI=1S/C28H27N3O6/c1-4-35-20-12-11-18(15-21(20)36-5-2)25-23(27(33)28(34)31(25)16-19-9-8-14-37-19)26(32)24-17(3)29-22-10-6-7-13-30(22)24/h6-15,25,32H,4-5,16H2,1-3H3. The Morgan fingerprint density at radius 1 is 1.05 bits per heavy atom. The number of carbonyl (C=O) groups excluding carboxylic acids is 2. The molecule has 1 aliphatic rings. The second-order valence-electron chi connectivity index (χ2n) is 8.55. The van der Waals surface area contributed by atoms with Crippen LogP contribution in [0, 0.1) is 6.92 Å². The van der Waals surface area contributed by atoms with Gasteiger partial charge in [-0.1, -0.05) is 12.1 Å². The van der Waals surface area contributed by atoms with E-state index in [0.717, 1.165) is 0 Å². The zero-order chi connectivity index (χ0) is 26.1. The van der Waals surface area contributed by atoms with Crippen molar-refractivity contribution in [3.63, 3.8) is 0 Å². The molecule has 0 bridgehead atoms. The van der Waals surface area contributed by atoms with E-state index in [1.165, 1.54) is 11.2 Å². The van der Waals surface area contributed by atoms with Gasteiger partial charge in [0, 0.05) is 6.20 Å². The number of aliphatic hydroxyl groups is 1. The van der Waals surface area contributed by atoms with Crippen molar-refractivity contribution < 1.29 is 28.6 Å². The highest BCUT2D eigenvalue weighted by molar-refractivity contribution is 6.46. The summed E-state index contributed by atoms with van der Waals surface area (Å²) in [5.74, 6) is -0.278. The molecule has 1 saturated heterocycles. The summed E-state index contributed by atoms with van der Waals surface area (Å²) >= 11 is 0. The molecular weight excluding hydrogens is 474 g/mol. The fourth-order valence-electron chi connectivity index (χ4n) is 4.72. The highest BCUT2D eigenvalue weighted by atomic mass is 16.5. The minimum atomic E-state index is -0.895. The number of rotatable bonds is 8. The number of hydrogen-bond acceptors (Lipinski definition) is 7. The number of fused-ring (bicyclic) bond motifs is 1. The molecule has 0 saturated carbocycles. The maximum Gasteiger partial charge on any atom is 0.296 e. The molecule has 4 heterocycles. The van der Waals surface area contributed by atoms with Gasteiger partial charge >= 0.3 is 0 Å². The number of nitrogens with zero attached hydrogens (tertiary/aromatic N) is 3. The molecule has 1 aliphatic heterocycles. The fraction of sp³-hybridized carbons (Fsp3) is 0.250. The molecular formula is C28H27N3O6. The van der Waals surface area contributed by atoms with Gasteiger partial charge in [0.25, 0.3) is 11.7 Å². The van der Waals surface area contributed by atoms with Crippen LogP contribution in [0.3, 0.4) is 0 Å². The van der Waals surface area contributed by atoms with Crippen molar-refractivity contribution in [3.8, 4) is 11.5 Å². The average Bonchev–Trinajstić information content (AvgIpc) is 3.58. The van der Waals surface area contributed by atoms with Gasteiger partial charge in [-0.3, -0.25) is 14.0 Å². The van der Waals surface area contributed by atoms with Crippen molar-refractivity contribution in [3.05, 3.63) is 89.3 Å². The molecule has 0 radical (unpaired) electrons. The Bertz CT molecular complexity index is 1500. The Kier molecular flexibility index (Phi) is 6.43. The first-order chi connectivity index (χ1) is 17.9. The third kappa shape index (κ3) is 4.22. The zero-order valence-corrected chi connectivity index (χ0v) is 20.8. The minimum absolute atomic E-state index is 0.0306. The van der Waals surface area contributed by atoms with Crippen LogP contribution in [-0.2, 0) is 16.1 Å². The number of benzene rings is 1. The number of hydrogen-bond donors (Lipinski definition) is 1. The lowest BCUT2D eigenvalue weighted by Crippen LogP contribution is -2.29. The van der Waals surface area contributed by atoms with Crippen LogP contribution in [0.2, 0.25) is 0 Å². The van der Waals surface area contributed by atoms with E-state index >= 15 is 0 Å². The second kappa shape index (κ2) is 9.85. The monoisotopic (exact) mass is 501 g/mol. The van der Waals surface area contributed by atoms with Gasteiger partial charge in [-0.15, -0.1) is 0 Å². The molecule has 4 aromatic rings. The Balaban J connectivity index is 1.72. The summed E-state index contributed by atoms with van der Waals surface area (Å²) in [7, 11) is 0. The number of pyridine rings is 1. The van der Waals surface area contributed by atoms with Crippen molar-refractivity contribution >= 4 is 23.1 Å². The van der Waals surface area contributed by atoms with E-state index in [2.05, 4.69) is 4.98 Å². The molecule has 1 N–H and O–H groups in total. The van der Waals surface area contributed by atoms with E-state index in [1.807, 2.05) is 19.9 Å². The Morgan fingerprint density at radius 3 is 2.57 bits per heavy atom. The Morgan fingerprint density at radius 2 is 1.84 bits per heavy atom. The van der Waals surface area contributed by atoms with Gasteiger partial charge in [-0.2, -0.15) is 0 Å². The van der Waals surface area contributed by atoms with Gasteiger partial charge in [0.15, 0.2) is 17.3 Å². The second-order valence-corrected chi connectivity index (χ2v) is 8.55. The summed E-state index contributed by atoms with van der Waals surface area (Å²) in [6.07, 6.45) is 3.26. The summed E-state index contributed by atoms with van der Waals surface area (Å²) in [6.45, 7) is 6.38. The smallest absolute Gasteiger partial charge is 0.296 e. The van der Waals surface area contributed by atoms with Gasteiger partial charge < -0.3 is 23.9 Å². The highest BCUT2D eigenvalue weighted by Gasteiger charge is 2.47. The number of carbonyl (C=O) groups is 2. The molecule has 190 valence electrons. The zero-order valence-electron chi connectivity index (χ0n) is 20.8. The largest absolute Gasteiger partial charge is 0.505 e. The summed E-state index contributed by atoms with van der Waals surface area (Å²) in [6, 6.07) is 13.3. The van der Waals surface area contributed by atoms with E-state index < -0.39 is 17.7 Å². The first-order valence-corrected chi connectivity index (χ1v) is 12.1. The third-order valence-electron chi connectivity index (χ3n) is 6.26. The van der Waals surface area contributed by atoms with E-state index in [-0.39, 0.29) is 17.9 Å². The number of aliphatic hydroxyl groups excluding tert-OH is 1. The van der Waals surface area contributed by atoms with Gasteiger partial charge in [0.05, 0.1) is 43.3 Å². The molecule has 9 heteroatoms. The fourth-order valence-corrected chi connectivity index (χ4v) is 4.72. The van der Waals surface area contributed by atoms with Gasteiger partial charge in [-0.05, 0) is 62.7 Å². The number of aryl methyl sites for hydroxylation is 1. The Labute approximate surface area is 213 Å². The van der Waals surface area contributed by atoms with Crippen molar-refractivity contribution in [2.24, 2.45) is 0 Å². The molecule has 0 spiro atoms. The molecule has 1 fully saturated rings. The Hall–Kier alpha value is -4.53. The number of ketones is 1. The highest BCUT2D eigenvalue weighted by Crippen LogP contribution is 2.43. The first kappa shape index (κ1) is 24.2. The predicted octanol–water partition coefficient (Wildman–Crippen LogP) is 4.66. The van der Waals surface area contributed by atoms with Crippen molar-refractivity contribution in [1.29, 1.82) is 0 Å². The van der Waals surface area contributed by atoms with Gasteiger partial charge in [0.1, 0.15) is 17.1 Å². The van der Waals surface area contributed by atoms with Crippen LogP contribution in [0.25, 0.3) is 11.4 Å². The summed E-state index contributed by atoms with van der Waals surface area (Å²) in [4.78, 5) is 32.7. The molecule has 1 unspecified atom stereocenters. The van der Waals surface area contributed by atoms with Crippen LogP contribution in [0.1, 0.15) is 42.6 Å². The molecule has 37 heavy (non-hydrogen) atoms. The SMILES string of the molecule is CCOc1ccc(C2C(=C(O)c3c(C)nc4ccccn34)C(=O)C(=O)N2Cc2ccco2)cc1OCC. The first-order valence-electron chi connectivity index (χ1n) is 12.1. The lowest BCUT2D eigenvalue weighted by atomic mass is 9.95. The normalized spacial score (nSPS) is 17.1. The van der Waals surface area contributed by atoms with Crippen LogP contribution >= 0.6 is 0 Å². The van der Waals surface area contributed by atoms with Gasteiger partial charge in [-0.25, -0.2) is 4.98 Å². The van der Waals surface area contributed by atoms with Crippen molar-refractivity contribution in [1.82, 2.24) is 14.3 Å². The number of ether oxygens (including phenoxy) is 2. The van der Waals surface area contributed by atoms with Gasteiger partial charge in [0.2, 0.25) is 0 Å². The van der Waals surface area contributed by atoms with Crippen LogP contribution in [0.15, 0.2) is 71.0 Å². The molecule has 1 amide bonds. The number of aromatic nitrogens is 2. The van der Waals surface area contributed by atoms with Crippen LogP contribution in [0.4, 0.5) is 0 Å². The van der Waals surface area contributed by atoms with Crippen molar-refractivity contribution in [2.75, 3.05) is 13.2 Å². The average molecular weight is 502 g/mol. The maximum atomic E-state index is 13.5. The molecule has 1 atom stereocenters. The van der Waals surface area contributed by atoms with Crippen LogP contribution < -0.4 is 9.47 Å². The quantitative estimate of drug-likeness (QED) is 0.213. The maximum absolute atomic E-state index is 13.5. The van der Waals surface area contributed by atoms with E-state index in [0.29, 0.717) is 53.1 Å². The summed E-state index contributed by atoms with van der Waals surface area (Å²) < 4.78 is 18.7. The predicted molar refractivity (Wildman–Crippen MR) is 135 cm³/mol. The van der Waals surface area contributed by atoms with E-state index in [9.17, 15) is 14.7 Å². The topological polar surface area (TPSA) is 107 Å². The molecule has 9 nitrogen and oxygen atoms in total. The minimum Gasteiger partial charge on any atom is -0.505 e.